The molecule has 198 valence electrons. The summed E-state index contributed by atoms with van der Waals surface area (Å²) in [7, 11) is 3.25. The Morgan fingerprint density at radius 1 is 0.795 bits per heavy atom. The third-order valence-corrected chi connectivity index (χ3v) is 6.23. The SMILES string of the molecule is CNC(=O)c1ccc(-c2cn(Cc3ccccc3)c(C)n2)cc1.CNC(=O)c1ccc(-c2cnc(C)[nH]2)cc1. The van der Waals surface area contributed by atoms with Crippen LogP contribution in [0.5, 0.6) is 0 Å². The van der Waals surface area contributed by atoms with Crippen LogP contribution in [0, 0.1) is 13.8 Å². The van der Waals surface area contributed by atoms with Gasteiger partial charge in [0, 0.05) is 43.5 Å². The first-order valence-electron chi connectivity index (χ1n) is 12.6. The van der Waals surface area contributed by atoms with Crippen molar-refractivity contribution in [3.05, 3.63) is 120 Å². The lowest BCUT2D eigenvalue weighted by atomic mass is 10.1. The zero-order chi connectivity index (χ0) is 27.8. The molecule has 0 bridgehead atoms. The van der Waals surface area contributed by atoms with Crippen LogP contribution in [-0.4, -0.2) is 45.4 Å². The highest BCUT2D eigenvalue weighted by Crippen LogP contribution is 2.20. The van der Waals surface area contributed by atoms with Crippen molar-refractivity contribution in [3.8, 4) is 22.5 Å². The van der Waals surface area contributed by atoms with E-state index >= 15 is 0 Å². The van der Waals surface area contributed by atoms with Crippen LogP contribution in [0.15, 0.2) is 91.3 Å². The summed E-state index contributed by atoms with van der Waals surface area (Å²) in [5.74, 6) is 1.69. The Morgan fingerprint density at radius 2 is 1.36 bits per heavy atom. The van der Waals surface area contributed by atoms with Crippen molar-refractivity contribution in [1.29, 1.82) is 0 Å². The average molecular weight is 521 g/mol. The number of aromatic nitrogens is 4. The highest BCUT2D eigenvalue weighted by atomic mass is 16.2. The molecular formula is C31H32N6O2. The topological polar surface area (TPSA) is 105 Å². The third-order valence-electron chi connectivity index (χ3n) is 6.23. The number of rotatable bonds is 6. The average Bonchev–Trinajstić information content (AvgIpc) is 3.58. The second-order valence-corrected chi connectivity index (χ2v) is 8.98. The predicted molar refractivity (Wildman–Crippen MR) is 153 cm³/mol. The van der Waals surface area contributed by atoms with Gasteiger partial charge in [0.2, 0.25) is 0 Å². The molecular weight excluding hydrogens is 488 g/mol. The van der Waals surface area contributed by atoms with Gasteiger partial charge in [0.05, 0.1) is 17.6 Å². The second-order valence-electron chi connectivity index (χ2n) is 8.98. The van der Waals surface area contributed by atoms with Crippen LogP contribution in [0.3, 0.4) is 0 Å². The summed E-state index contributed by atoms with van der Waals surface area (Å²) in [4.78, 5) is 34.8. The molecule has 0 saturated carbocycles. The van der Waals surface area contributed by atoms with Crippen LogP contribution in [0.4, 0.5) is 0 Å². The minimum atomic E-state index is -0.0812. The highest BCUT2D eigenvalue weighted by Gasteiger charge is 2.09. The highest BCUT2D eigenvalue weighted by molar-refractivity contribution is 5.94. The summed E-state index contributed by atoms with van der Waals surface area (Å²) < 4.78 is 2.14. The van der Waals surface area contributed by atoms with Gasteiger partial charge >= 0.3 is 0 Å². The molecule has 3 aromatic carbocycles. The molecule has 2 amide bonds. The summed E-state index contributed by atoms with van der Waals surface area (Å²) in [5.41, 5.74) is 6.46. The fourth-order valence-electron chi connectivity index (χ4n) is 4.04. The van der Waals surface area contributed by atoms with Crippen molar-refractivity contribution in [2.45, 2.75) is 20.4 Å². The van der Waals surface area contributed by atoms with E-state index in [4.69, 9.17) is 0 Å². The molecule has 0 aliphatic rings. The first-order valence-corrected chi connectivity index (χ1v) is 12.6. The molecule has 8 nitrogen and oxygen atoms in total. The molecule has 0 aliphatic carbocycles. The summed E-state index contributed by atoms with van der Waals surface area (Å²) in [6, 6.07) is 25.2. The number of hydrogen-bond acceptors (Lipinski definition) is 4. The molecule has 0 fully saturated rings. The lowest BCUT2D eigenvalue weighted by Gasteiger charge is -2.04. The summed E-state index contributed by atoms with van der Waals surface area (Å²) in [6.07, 6.45) is 3.83. The maximum Gasteiger partial charge on any atom is 0.251 e. The third kappa shape index (κ3) is 6.87. The van der Waals surface area contributed by atoms with Crippen molar-refractivity contribution in [2.24, 2.45) is 0 Å². The number of amides is 2. The van der Waals surface area contributed by atoms with Gasteiger partial charge in [-0.2, -0.15) is 0 Å². The largest absolute Gasteiger partial charge is 0.355 e. The van der Waals surface area contributed by atoms with Gasteiger partial charge in [0.1, 0.15) is 11.6 Å². The Bertz CT molecular complexity index is 1530. The Labute approximate surface area is 228 Å². The Balaban J connectivity index is 0.000000193. The lowest BCUT2D eigenvalue weighted by Crippen LogP contribution is -2.17. The molecule has 0 saturated heterocycles. The molecule has 0 unspecified atom stereocenters. The van der Waals surface area contributed by atoms with E-state index in [1.807, 2.05) is 68.4 Å². The number of aromatic amines is 1. The molecule has 5 aromatic rings. The Kier molecular flexibility index (Phi) is 8.68. The number of carbonyl (C=O) groups excluding carboxylic acids is 2. The van der Waals surface area contributed by atoms with Crippen LogP contribution in [0.2, 0.25) is 0 Å². The molecule has 3 N–H and O–H groups in total. The minimum absolute atomic E-state index is 0.0765. The van der Waals surface area contributed by atoms with E-state index < -0.39 is 0 Å². The molecule has 0 aliphatic heterocycles. The van der Waals surface area contributed by atoms with Gasteiger partial charge < -0.3 is 20.2 Å². The number of imidazole rings is 2. The van der Waals surface area contributed by atoms with E-state index in [2.05, 4.69) is 48.5 Å². The van der Waals surface area contributed by atoms with E-state index in [-0.39, 0.29) is 11.8 Å². The molecule has 2 heterocycles. The second kappa shape index (κ2) is 12.5. The number of aryl methyl sites for hydroxylation is 2. The quantitative estimate of drug-likeness (QED) is 0.293. The normalized spacial score (nSPS) is 10.4. The number of benzene rings is 3. The van der Waals surface area contributed by atoms with E-state index in [1.54, 1.807) is 32.4 Å². The number of nitrogens with zero attached hydrogens (tertiary/aromatic N) is 3. The van der Waals surface area contributed by atoms with Crippen LogP contribution in [0.25, 0.3) is 22.5 Å². The lowest BCUT2D eigenvalue weighted by molar-refractivity contribution is 0.0955. The molecule has 0 spiro atoms. The first-order chi connectivity index (χ1) is 18.9. The smallest absolute Gasteiger partial charge is 0.251 e. The van der Waals surface area contributed by atoms with Crippen LogP contribution < -0.4 is 10.6 Å². The summed E-state index contributed by atoms with van der Waals surface area (Å²) in [6.45, 7) is 4.71. The van der Waals surface area contributed by atoms with Crippen molar-refractivity contribution in [2.75, 3.05) is 14.1 Å². The molecule has 0 atom stereocenters. The van der Waals surface area contributed by atoms with Crippen molar-refractivity contribution in [1.82, 2.24) is 30.2 Å². The molecule has 8 heteroatoms. The fraction of sp³-hybridized carbons (Fsp3) is 0.161. The van der Waals surface area contributed by atoms with E-state index in [1.165, 1.54) is 5.56 Å². The Hall–Kier alpha value is -4.98. The number of hydrogen-bond donors (Lipinski definition) is 3. The monoisotopic (exact) mass is 520 g/mol. The van der Waals surface area contributed by atoms with E-state index in [9.17, 15) is 9.59 Å². The van der Waals surface area contributed by atoms with E-state index in [0.717, 1.165) is 40.7 Å². The minimum Gasteiger partial charge on any atom is -0.355 e. The number of H-pyrrole nitrogens is 1. The molecule has 0 radical (unpaired) electrons. The van der Waals surface area contributed by atoms with Crippen LogP contribution >= 0.6 is 0 Å². The standard InChI is InChI=1S/C19H19N3O.C12H13N3O/c1-14-21-18(13-22(14)12-15-6-4-3-5-7-15)16-8-10-17(11-9-16)19(23)20-2;1-8-14-7-11(15-8)9-3-5-10(6-4-9)12(16)13-2/h3-11,13H,12H2,1-2H3,(H,20,23);3-7H,1-2H3,(H,13,16)(H,14,15). The first kappa shape index (κ1) is 27.1. The number of carbonyl (C=O) groups is 2. The Morgan fingerprint density at radius 3 is 1.87 bits per heavy atom. The van der Waals surface area contributed by atoms with Gasteiger partial charge in [-0.3, -0.25) is 9.59 Å². The maximum absolute atomic E-state index is 11.6. The zero-order valence-corrected chi connectivity index (χ0v) is 22.5. The van der Waals surface area contributed by atoms with Gasteiger partial charge in [-0.25, -0.2) is 9.97 Å². The molecule has 39 heavy (non-hydrogen) atoms. The molecule has 2 aromatic heterocycles. The van der Waals surface area contributed by atoms with Crippen molar-refractivity contribution >= 4 is 11.8 Å². The summed E-state index contributed by atoms with van der Waals surface area (Å²) >= 11 is 0. The van der Waals surface area contributed by atoms with E-state index in [0.29, 0.717) is 11.1 Å². The van der Waals surface area contributed by atoms with Gasteiger partial charge in [0.25, 0.3) is 11.8 Å². The predicted octanol–water partition coefficient (Wildman–Crippen LogP) is 5.01. The number of nitrogens with one attached hydrogen (secondary N) is 3. The van der Waals surface area contributed by atoms with Gasteiger partial charge in [-0.15, -0.1) is 0 Å². The maximum atomic E-state index is 11.6. The van der Waals surface area contributed by atoms with Gasteiger partial charge in [-0.1, -0.05) is 54.6 Å². The van der Waals surface area contributed by atoms with Crippen LogP contribution in [-0.2, 0) is 6.54 Å². The van der Waals surface area contributed by atoms with Crippen molar-refractivity contribution < 1.29 is 9.59 Å². The molecule has 5 rings (SSSR count). The van der Waals surface area contributed by atoms with Gasteiger partial charge in [-0.05, 0) is 49.2 Å². The van der Waals surface area contributed by atoms with Crippen LogP contribution in [0.1, 0.15) is 37.9 Å². The zero-order valence-electron chi connectivity index (χ0n) is 22.5. The van der Waals surface area contributed by atoms with Gasteiger partial charge in [0.15, 0.2) is 0 Å². The summed E-state index contributed by atoms with van der Waals surface area (Å²) in [5, 5.41) is 5.21. The van der Waals surface area contributed by atoms with Crippen molar-refractivity contribution in [3.63, 3.8) is 0 Å². The fourth-order valence-corrected chi connectivity index (χ4v) is 4.04.